The minimum atomic E-state index is 0.0511. The summed E-state index contributed by atoms with van der Waals surface area (Å²) < 4.78 is 1.80. The third-order valence-electron chi connectivity index (χ3n) is 5.58. The number of rotatable bonds is 5. The summed E-state index contributed by atoms with van der Waals surface area (Å²) in [5.41, 5.74) is 0.800. The largest absolute Gasteiger partial charge is 0.301 e. The van der Waals surface area contributed by atoms with Crippen molar-refractivity contribution < 1.29 is 0 Å². The van der Waals surface area contributed by atoms with Crippen LogP contribution in [-0.2, 0) is 6.54 Å². The van der Waals surface area contributed by atoms with Crippen LogP contribution < -0.4 is 5.56 Å². The first kappa shape index (κ1) is 20.5. The number of nitrogens with zero attached hydrogens (tertiary/aromatic N) is 3. The van der Waals surface area contributed by atoms with Gasteiger partial charge in [-0.25, -0.2) is 4.98 Å². The van der Waals surface area contributed by atoms with E-state index in [-0.39, 0.29) is 5.56 Å². The maximum atomic E-state index is 13.1. The van der Waals surface area contributed by atoms with Gasteiger partial charge in [0.1, 0.15) is 0 Å². The van der Waals surface area contributed by atoms with Gasteiger partial charge < -0.3 is 4.90 Å². The zero-order valence-corrected chi connectivity index (χ0v) is 18.4. The molecule has 152 valence electrons. The summed E-state index contributed by atoms with van der Waals surface area (Å²) in [5.74, 6) is 0.495. The van der Waals surface area contributed by atoms with Crippen LogP contribution in [0.5, 0.6) is 0 Å². The van der Waals surface area contributed by atoms with Crippen molar-refractivity contribution in [1.82, 2.24) is 14.5 Å². The summed E-state index contributed by atoms with van der Waals surface area (Å²) in [4.78, 5) is 22.3. The second-order valence-corrected chi connectivity index (χ2v) is 9.62. The first-order valence-corrected chi connectivity index (χ1v) is 11.4. The van der Waals surface area contributed by atoms with Crippen LogP contribution in [0.1, 0.15) is 26.7 Å². The Morgan fingerprint density at radius 1 is 1.17 bits per heavy atom. The number of aromatic nitrogens is 2. The second kappa shape index (κ2) is 8.90. The third-order valence-corrected chi connectivity index (χ3v) is 6.83. The van der Waals surface area contributed by atoms with Gasteiger partial charge in [-0.1, -0.05) is 23.4 Å². The summed E-state index contributed by atoms with van der Waals surface area (Å²) in [6.45, 7) is 7.43. The quantitative estimate of drug-likeness (QED) is 0.552. The first-order chi connectivity index (χ1) is 14.0. The van der Waals surface area contributed by atoms with Crippen LogP contribution in [0.4, 0.5) is 0 Å². The third kappa shape index (κ3) is 4.85. The van der Waals surface area contributed by atoms with Crippen molar-refractivity contribution in [2.45, 2.75) is 49.1 Å². The Hall–Kier alpha value is -1.82. The van der Waals surface area contributed by atoms with E-state index in [2.05, 4.69) is 23.7 Å². The highest BCUT2D eigenvalue weighted by atomic mass is 35.5. The average Bonchev–Trinajstić information content (AvgIpc) is 2.72. The van der Waals surface area contributed by atoms with E-state index in [4.69, 9.17) is 11.6 Å². The second-order valence-electron chi connectivity index (χ2n) is 8.03. The number of halogens is 1. The van der Waals surface area contributed by atoms with Crippen LogP contribution in [0.25, 0.3) is 10.9 Å². The van der Waals surface area contributed by atoms with Crippen LogP contribution >= 0.6 is 23.4 Å². The molecule has 0 spiro atoms. The summed E-state index contributed by atoms with van der Waals surface area (Å²) in [6, 6.07) is 14.2. The van der Waals surface area contributed by atoms with E-state index in [1.807, 2.05) is 42.5 Å². The maximum absolute atomic E-state index is 13.1. The Morgan fingerprint density at radius 2 is 1.93 bits per heavy atom. The van der Waals surface area contributed by atoms with Crippen molar-refractivity contribution >= 4 is 34.3 Å². The summed E-state index contributed by atoms with van der Waals surface area (Å²) in [6.07, 6.45) is 4.08. The first-order valence-electron chi connectivity index (χ1n) is 10.2. The van der Waals surface area contributed by atoms with Crippen molar-refractivity contribution in [2.75, 3.05) is 13.1 Å². The Bertz CT molecular complexity index is 1050. The molecular formula is C23H26ClN3OS. The van der Waals surface area contributed by atoms with Gasteiger partial charge in [-0.3, -0.25) is 9.36 Å². The highest BCUT2D eigenvalue weighted by Gasteiger charge is 2.22. The van der Waals surface area contributed by atoms with Crippen molar-refractivity contribution in [3.8, 4) is 0 Å². The van der Waals surface area contributed by atoms with Gasteiger partial charge in [0.2, 0.25) is 0 Å². The monoisotopic (exact) mass is 427 g/mol. The molecule has 29 heavy (non-hydrogen) atoms. The van der Waals surface area contributed by atoms with Gasteiger partial charge in [0.25, 0.3) is 5.56 Å². The lowest BCUT2D eigenvalue weighted by Gasteiger charge is -2.35. The molecule has 0 unspecified atom stereocenters. The minimum absolute atomic E-state index is 0.0511. The predicted octanol–water partition coefficient (Wildman–Crippen LogP) is 5.32. The van der Waals surface area contributed by atoms with E-state index in [1.165, 1.54) is 12.8 Å². The fourth-order valence-corrected chi connectivity index (χ4v) is 4.95. The van der Waals surface area contributed by atoms with Crippen LogP contribution in [0.3, 0.4) is 0 Å². The predicted molar refractivity (Wildman–Crippen MR) is 121 cm³/mol. The Kier molecular flexibility index (Phi) is 6.28. The molecule has 2 aromatic carbocycles. The molecule has 0 amide bonds. The number of fused-ring (bicyclic) bond motifs is 1. The van der Waals surface area contributed by atoms with Gasteiger partial charge >= 0.3 is 0 Å². The van der Waals surface area contributed by atoms with Crippen LogP contribution in [0.2, 0.25) is 5.02 Å². The average molecular weight is 428 g/mol. The Balaban J connectivity index is 1.57. The van der Waals surface area contributed by atoms with Crippen molar-refractivity contribution in [3.05, 3.63) is 64.2 Å². The molecular weight excluding hydrogens is 402 g/mol. The van der Waals surface area contributed by atoms with E-state index >= 15 is 0 Å². The van der Waals surface area contributed by atoms with E-state index < -0.39 is 0 Å². The molecule has 0 radical (unpaired) electrons. The molecule has 1 aliphatic heterocycles. The lowest BCUT2D eigenvalue weighted by molar-refractivity contribution is 0.130. The standard InChI is InChI=1S/C23H26ClN3OS/c1-16(2)26-11-3-4-17(13-26)14-27-15-25-22-10-9-20(12-21(22)23(27)28)29-19-7-5-18(24)6-8-19/h5-10,12,15-17H,3-4,11,13-14H2,1-2H3/t17-/m0/s1. The highest BCUT2D eigenvalue weighted by Crippen LogP contribution is 2.30. The number of piperidine rings is 1. The number of likely N-dealkylation sites (tertiary alicyclic amines) is 1. The Morgan fingerprint density at radius 3 is 2.69 bits per heavy atom. The molecule has 2 heterocycles. The molecule has 1 saturated heterocycles. The fraction of sp³-hybridized carbons (Fsp3) is 0.391. The topological polar surface area (TPSA) is 38.1 Å². The van der Waals surface area contributed by atoms with Crippen LogP contribution in [0, 0.1) is 5.92 Å². The molecule has 0 bridgehead atoms. The van der Waals surface area contributed by atoms with E-state index in [0.717, 1.165) is 40.0 Å². The van der Waals surface area contributed by atoms with Crippen molar-refractivity contribution in [1.29, 1.82) is 0 Å². The van der Waals surface area contributed by atoms with Crippen molar-refractivity contribution in [3.63, 3.8) is 0 Å². The molecule has 1 atom stereocenters. The summed E-state index contributed by atoms with van der Waals surface area (Å²) in [5, 5.41) is 1.40. The van der Waals surface area contributed by atoms with Crippen LogP contribution in [-0.4, -0.2) is 33.6 Å². The minimum Gasteiger partial charge on any atom is -0.301 e. The molecule has 6 heteroatoms. The molecule has 3 aromatic rings. The number of hydrogen-bond acceptors (Lipinski definition) is 4. The van der Waals surface area contributed by atoms with Gasteiger partial charge in [0.15, 0.2) is 0 Å². The zero-order chi connectivity index (χ0) is 20.4. The SMILES string of the molecule is CC(C)N1CCC[C@H](Cn2cnc3ccc(Sc4ccc(Cl)cc4)cc3c2=O)C1. The fourth-order valence-electron chi connectivity index (χ4n) is 3.96. The molecule has 0 N–H and O–H groups in total. The molecule has 4 rings (SSSR count). The molecule has 4 nitrogen and oxygen atoms in total. The number of hydrogen-bond donors (Lipinski definition) is 0. The smallest absolute Gasteiger partial charge is 0.261 e. The van der Waals surface area contributed by atoms with E-state index in [0.29, 0.717) is 17.3 Å². The summed E-state index contributed by atoms with van der Waals surface area (Å²) >= 11 is 7.60. The number of benzene rings is 2. The van der Waals surface area contributed by atoms with Gasteiger partial charge in [-0.2, -0.15) is 0 Å². The Labute approximate surface area is 180 Å². The van der Waals surface area contributed by atoms with Gasteiger partial charge in [0, 0.05) is 33.9 Å². The molecule has 0 aliphatic carbocycles. The molecule has 0 saturated carbocycles. The maximum Gasteiger partial charge on any atom is 0.261 e. The van der Waals surface area contributed by atoms with Gasteiger partial charge in [0.05, 0.1) is 17.2 Å². The summed E-state index contributed by atoms with van der Waals surface area (Å²) in [7, 11) is 0. The normalized spacial score (nSPS) is 17.9. The van der Waals surface area contributed by atoms with Gasteiger partial charge in [-0.05, 0) is 81.6 Å². The lowest BCUT2D eigenvalue weighted by atomic mass is 9.97. The van der Waals surface area contributed by atoms with Crippen LogP contribution in [0.15, 0.2) is 63.4 Å². The van der Waals surface area contributed by atoms with E-state index in [9.17, 15) is 4.79 Å². The highest BCUT2D eigenvalue weighted by molar-refractivity contribution is 7.99. The van der Waals surface area contributed by atoms with Gasteiger partial charge in [-0.15, -0.1) is 0 Å². The molecule has 1 fully saturated rings. The molecule has 1 aromatic heterocycles. The molecule has 1 aliphatic rings. The van der Waals surface area contributed by atoms with E-state index in [1.54, 1.807) is 22.7 Å². The van der Waals surface area contributed by atoms with Crippen molar-refractivity contribution in [2.24, 2.45) is 5.92 Å². The zero-order valence-electron chi connectivity index (χ0n) is 16.8. The lowest BCUT2D eigenvalue weighted by Crippen LogP contribution is -2.42.